The molecule has 4 heteroatoms. The van der Waals surface area contributed by atoms with Crippen LogP contribution in [0.1, 0.15) is 18.4 Å². The van der Waals surface area contributed by atoms with E-state index in [9.17, 15) is 5.11 Å². The minimum absolute atomic E-state index is 0.533. The molecule has 0 unspecified atom stereocenters. The zero-order chi connectivity index (χ0) is 15.2. The van der Waals surface area contributed by atoms with E-state index in [4.69, 9.17) is 14.2 Å². The summed E-state index contributed by atoms with van der Waals surface area (Å²) in [6, 6.07) is 17.4. The van der Waals surface area contributed by atoms with Crippen LogP contribution in [0.25, 0.3) is 0 Å². The molecule has 0 bridgehead atoms. The van der Waals surface area contributed by atoms with Crippen molar-refractivity contribution in [2.24, 2.45) is 0 Å². The Hall–Kier alpha value is -2.04. The zero-order valence-electron chi connectivity index (χ0n) is 12.4. The summed E-state index contributed by atoms with van der Waals surface area (Å²) in [6.07, 6.45) is 0.434. The topological polar surface area (TPSA) is 47.9 Å². The van der Waals surface area contributed by atoms with Gasteiger partial charge in [0.2, 0.25) is 6.29 Å². The molecule has 2 aromatic rings. The molecule has 0 spiro atoms. The number of hydrogen-bond donors (Lipinski definition) is 1. The Morgan fingerprint density at radius 2 is 1.73 bits per heavy atom. The van der Waals surface area contributed by atoms with Crippen molar-refractivity contribution >= 4 is 0 Å². The first-order chi connectivity index (χ1) is 10.8. The third-order valence-corrected chi connectivity index (χ3v) is 3.56. The van der Waals surface area contributed by atoms with Gasteiger partial charge < -0.3 is 19.3 Å². The fourth-order valence-electron chi connectivity index (χ4n) is 2.34. The summed E-state index contributed by atoms with van der Waals surface area (Å²) in [6.45, 7) is 1.16. The van der Waals surface area contributed by atoms with Crippen LogP contribution < -0.4 is 9.47 Å². The normalized spacial score (nSPS) is 21.3. The van der Waals surface area contributed by atoms with Gasteiger partial charge >= 0.3 is 0 Å². The molecular formula is C18H20O4. The Morgan fingerprint density at radius 1 is 1.00 bits per heavy atom. The van der Waals surface area contributed by atoms with Crippen molar-refractivity contribution in [2.45, 2.75) is 31.8 Å². The summed E-state index contributed by atoms with van der Waals surface area (Å²) >= 11 is 0. The van der Waals surface area contributed by atoms with Crippen molar-refractivity contribution in [3.63, 3.8) is 0 Å². The van der Waals surface area contributed by atoms with Gasteiger partial charge in [-0.1, -0.05) is 30.3 Å². The second-order valence-electron chi connectivity index (χ2n) is 5.31. The lowest BCUT2D eigenvalue weighted by atomic mass is 10.1. The number of ether oxygens (including phenoxy) is 3. The van der Waals surface area contributed by atoms with E-state index < -0.39 is 12.4 Å². The molecule has 116 valence electrons. The molecule has 4 nitrogen and oxygen atoms in total. The van der Waals surface area contributed by atoms with Gasteiger partial charge in [0.25, 0.3) is 0 Å². The average molecular weight is 300 g/mol. The highest BCUT2D eigenvalue weighted by atomic mass is 16.7. The van der Waals surface area contributed by atoms with Crippen molar-refractivity contribution in [1.29, 1.82) is 0 Å². The Kier molecular flexibility index (Phi) is 4.93. The highest BCUT2D eigenvalue weighted by Gasteiger charge is 2.25. The summed E-state index contributed by atoms with van der Waals surface area (Å²) in [5.74, 6) is 1.44. The van der Waals surface area contributed by atoms with Gasteiger partial charge in [0, 0.05) is 0 Å². The molecule has 1 saturated heterocycles. The molecule has 2 aromatic carbocycles. The minimum Gasteiger partial charge on any atom is -0.489 e. The van der Waals surface area contributed by atoms with E-state index in [2.05, 4.69) is 0 Å². The number of aliphatic hydroxyl groups is 1. The van der Waals surface area contributed by atoms with E-state index >= 15 is 0 Å². The third kappa shape index (κ3) is 4.00. The molecule has 0 saturated carbocycles. The highest BCUT2D eigenvalue weighted by Crippen LogP contribution is 2.22. The summed E-state index contributed by atoms with van der Waals surface area (Å²) in [7, 11) is 0. The van der Waals surface area contributed by atoms with Crippen LogP contribution in [0.5, 0.6) is 11.5 Å². The number of hydrogen-bond acceptors (Lipinski definition) is 4. The van der Waals surface area contributed by atoms with Crippen LogP contribution in [0.3, 0.4) is 0 Å². The largest absolute Gasteiger partial charge is 0.489 e. The second kappa shape index (κ2) is 7.29. The SMILES string of the molecule is O[C@@H]1CCCO[C@H]1Oc1ccc(OCc2ccccc2)cc1. The summed E-state index contributed by atoms with van der Waals surface area (Å²) in [5, 5.41) is 9.82. The van der Waals surface area contributed by atoms with Gasteiger partial charge in [0.15, 0.2) is 0 Å². The van der Waals surface area contributed by atoms with Crippen LogP contribution in [0.4, 0.5) is 0 Å². The Morgan fingerprint density at radius 3 is 2.45 bits per heavy atom. The van der Waals surface area contributed by atoms with E-state index in [0.717, 1.165) is 17.7 Å². The van der Waals surface area contributed by atoms with Gasteiger partial charge in [0.1, 0.15) is 24.2 Å². The highest BCUT2D eigenvalue weighted by molar-refractivity contribution is 5.31. The molecule has 22 heavy (non-hydrogen) atoms. The molecule has 1 heterocycles. The van der Waals surface area contributed by atoms with Crippen LogP contribution in [0.2, 0.25) is 0 Å². The molecule has 1 aliphatic rings. The minimum atomic E-state index is -0.579. The average Bonchev–Trinajstić information content (AvgIpc) is 2.57. The summed E-state index contributed by atoms with van der Waals surface area (Å²) in [5.41, 5.74) is 1.13. The lowest BCUT2D eigenvalue weighted by molar-refractivity contribution is -0.170. The van der Waals surface area contributed by atoms with Crippen molar-refractivity contribution in [3.8, 4) is 11.5 Å². The molecule has 0 radical (unpaired) electrons. The van der Waals surface area contributed by atoms with Gasteiger partial charge in [-0.05, 0) is 42.7 Å². The molecule has 1 N–H and O–H groups in total. The summed E-state index contributed by atoms with van der Waals surface area (Å²) < 4.78 is 16.8. The van der Waals surface area contributed by atoms with E-state index in [1.165, 1.54) is 0 Å². The predicted octanol–water partition coefficient (Wildman–Crippen LogP) is 3.14. The third-order valence-electron chi connectivity index (χ3n) is 3.56. The number of benzene rings is 2. The van der Waals surface area contributed by atoms with E-state index in [1.807, 2.05) is 54.6 Å². The fraction of sp³-hybridized carbons (Fsp3) is 0.333. The maximum atomic E-state index is 9.82. The van der Waals surface area contributed by atoms with Gasteiger partial charge in [-0.2, -0.15) is 0 Å². The molecule has 0 aromatic heterocycles. The quantitative estimate of drug-likeness (QED) is 0.921. The predicted molar refractivity (Wildman–Crippen MR) is 82.8 cm³/mol. The fourth-order valence-corrected chi connectivity index (χ4v) is 2.34. The van der Waals surface area contributed by atoms with Gasteiger partial charge in [-0.15, -0.1) is 0 Å². The first-order valence-corrected chi connectivity index (χ1v) is 7.54. The number of rotatable bonds is 5. The van der Waals surface area contributed by atoms with E-state index in [1.54, 1.807) is 0 Å². The van der Waals surface area contributed by atoms with Gasteiger partial charge in [0.05, 0.1) is 6.61 Å². The Labute approximate surface area is 130 Å². The van der Waals surface area contributed by atoms with Crippen LogP contribution >= 0.6 is 0 Å². The van der Waals surface area contributed by atoms with Gasteiger partial charge in [-0.3, -0.25) is 0 Å². The maximum absolute atomic E-state index is 9.82. The van der Waals surface area contributed by atoms with Crippen molar-refractivity contribution in [1.82, 2.24) is 0 Å². The molecule has 1 aliphatic heterocycles. The molecule has 1 fully saturated rings. The molecule has 0 aliphatic carbocycles. The van der Waals surface area contributed by atoms with Gasteiger partial charge in [-0.25, -0.2) is 0 Å². The second-order valence-corrected chi connectivity index (χ2v) is 5.31. The first kappa shape index (κ1) is 14.9. The molecule has 3 rings (SSSR count). The maximum Gasteiger partial charge on any atom is 0.226 e. The molecule has 2 atom stereocenters. The van der Waals surface area contributed by atoms with Crippen molar-refractivity contribution in [3.05, 3.63) is 60.2 Å². The Balaban J connectivity index is 1.53. The lowest BCUT2D eigenvalue weighted by Gasteiger charge is -2.28. The smallest absolute Gasteiger partial charge is 0.226 e. The van der Waals surface area contributed by atoms with Crippen LogP contribution in [0, 0.1) is 0 Å². The number of aliphatic hydroxyl groups excluding tert-OH is 1. The molecule has 0 amide bonds. The van der Waals surface area contributed by atoms with Crippen LogP contribution in [-0.4, -0.2) is 24.1 Å². The van der Waals surface area contributed by atoms with Crippen LogP contribution in [-0.2, 0) is 11.3 Å². The lowest BCUT2D eigenvalue weighted by Crippen LogP contribution is -2.38. The summed E-state index contributed by atoms with van der Waals surface area (Å²) in [4.78, 5) is 0. The monoisotopic (exact) mass is 300 g/mol. The standard InChI is InChI=1S/C18H20O4/c19-17-7-4-12-20-18(17)22-16-10-8-15(9-11-16)21-13-14-5-2-1-3-6-14/h1-3,5-6,8-11,17-19H,4,7,12-13H2/t17-,18+/m1/s1. The van der Waals surface area contributed by atoms with Crippen molar-refractivity contribution in [2.75, 3.05) is 6.61 Å². The van der Waals surface area contributed by atoms with E-state index in [-0.39, 0.29) is 0 Å². The molecular weight excluding hydrogens is 280 g/mol. The van der Waals surface area contributed by atoms with Crippen LogP contribution in [0.15, 0.2) is 54.6 Å². The Bertz CT molecular complexity index is 567. The first-order valence-electron chi connectivity index (χ1n) is 7.54. The van der Waals surface area contributed by atoms with Crippen molar-refractivity contribution < 1.29 is 19.3 Å². The zero-order valence-corrected chi connectivity index (χ0v) is 12.4. The van der Waals surface area contributed by atoms with E-state index in [0.29, 0.717) is 25.4 Å².